The number of pyridine rings is 1. The van der Waals surface area contributed by atoms with Crippen LogP contribution in [0.3, 0.4) is 0 Å². The molecule has 0 aliphatic heterocycles. The van der Waals surface area contributed by atoms with Crippen molar-refractivity contribution in [1.29, 1.82) is 0 Å². The Morgan fingerprint density at radius 1 is 1.15 bits per heavy atom. The molecule has 0 aliphatic carbocycles. The van der Waals surface area contributed by atoms with Gasteiger partial charge in [-0.1, -0.05) is 37.3 Å². The van der Waals surface area contributed by atoms with Crippen LogP contribution in [0.15, 0.2) is 42.6 Å². The molecule has 0 radical (unpaired) electrons. The molecule has 0 fully saturated rings. The van der Waals surface area contributed by atoms with Crippen molar-refractivity contribution < 1.29 is 23.1 Å². The Labute approximate surface area is 155 Å². The second kappa shape index (κ2) is 10.0. The summed E-state index contributed by atoms with van der Waals surface area (Å²) in [6, 6.07) is 8.92. The standard InChI is InChI=1S/C19H22F3N3O2/c1-2-23-11-15-8-7-14(10-24-15)12-3-5-13(6-4-12)17(26)16(9-20)25-19(27)18(21)22/h3-8,10,16-18,23,26H,2,9,11H2,1H3,(H,25,27). The normalized spacial score (nSPS) is 13.4. The SMILES string of the molecule is CCNCc1ccc(-c2ccc(C(O)C(CF)NC(=O)C(F)F)cc2)cn1. The summed E-state index contributed by atoms with van der Waals surface area (Å²) in [5.74, 6) is -1.61. The quantitative estimate of drug-likeness (QED) is 0.624. The number of amides is 1. The van der Waals surface area contributed by atoms with E-state index >= 15 is 0 Å². The van der Waals surface area contributed by atoms with Gasteiger partial charge < -0.3 is 15.7 Å². The van der Waals surface area contributed by atoms with E-state index in [1.807, 2.05) is 19.1 Å². The summed E-state index contributed by atoms with van der Waals surface area (Å²) in [5.41, 5.74) is 2.92. The van der Waals surface area contributed by atoms with Crippen LogP contribution in [-0.4, -0.2) is 41.7 Å². The number of hydrogen-bond donors (Lipinski definition) is 3. The molecule has 1 amide bonds. The van der Waals surface area contributed by atoms with Gasteiger partial charge in [-0.25, -0.2) is 4.39 Å². The van der Waals surface area contributed by atoms with Gasteiger partial charge in [0.05, 0.1) is 11.7 Å². The number of benzene rings is 1. The highest BCUT2D eigenvalue weighted by atomic mass is 19.3. The van der Waals surface area contributed by atoms with Crippen LogP contribution in [0.2, 0.25) is 0 Å². The summed E-state index contributed by atoms with van der Waals surface area (Å²) in [6.07, 6.45) is -2.98. The fourth-order valence-electron chi connectivity index (χ4n) is 2.51. The summed E-state index contributed by atoms with van der Waals surface area (Å²) in [6.45, 7) is 2.37. The van der Waals surface area contributed by atoms with Gasteiger partial charge in [0.1, 0.15) is 12.8 Å². The van der Waals surface area contributed by atoms with Crippen LogP contribution >= 0.6 is 0 Å². The Balaban J connectivity index is 2.08. The van der Waals surface area contributed by atoms with Crippen molar-refractivity contribution in [3.63, 3.8) is 0 Å². The zero-order valence-electron chi connectivity index (χ0n) is 14.8. The average Bonchev–Trinajstić information content (AvgIpc) is 2.70. The molecule has 3 N–H and O–H groups in total. The zero-order valence-corrected chi connectivity index (χ0v) is 14.8. The van der Waals surface area contributed by atoms with Crippen molar-refractivity contribution in [3.05, 3.63) is 53.9 Å². The summed E-state index contributed by atoms with van der Waals surface area (Å²) >= 11 is 0. The Kier molecular flexibility index (Phi) is 7.75. The Hall–Kier alpha value is -2.45. The first kappa shape index (κ1) is 20.9. The van der Waals surface area contributed by atoms with Gasteiger partial charge in [-0.05, 0) is 23.7 Å². The molecule has 1 aromatic heterocycles. The minimum absolute atomic E-state index is 0.313. The number of nitrogens with zero attached hydrogens (tertiary/aromatic N) is 1. The Morgan fingerprint density at radius 3 is 2.33 bits per heavy atom. The van der Waals surface area contributed by atoms with Gasteiger partial charge in [0.25, 0.3) is 5.91 Å². The molecule has 27 heavy (non-hydrogen) atoms. The molecule has 2 atom stereocenters. The first-order valence-electron chi connectivity index (χ1n) is 8.54. The molecule has 0 spiro atoms. The first-order chi connectivity index (χ1) is 13.0. The van der Waals surface area contributed by atoms with Crippen molar-refractivity contribution in [2.45, 2.75) is 32.0 Å². The number of alkyl halides is 3. The molecular weight excluding hydrogens is 359 g/mol. The van der Waals surface area contributed by atoms with Crippen molar-refractivity contribution in [2.24, 2.45) is 0 Å². The minimum atomic E-state index is -3.27. The number of nitrogens with one attached hydrogen (secondary N) is 2. The fourth-order valence-corrected chi connectivity index (χ4v) is 2.51. The predicted octanol–water partition coefficient (Wildman–Crippen LogP) is 2.61. The van der Waals surface area contributed by atoms with E-state index < -0.39 is 31.2 Å². The number of aromatic nitrogens is 1. The van der Waals surface area contributed by atoms with Crippen molar-refractivity contribution in [1.82, 2.24) is 15.6 Å². The highest BCUT2D eigenvalue weighted by Crippen LogP contribution is 2.23. The van der Waals surface area contributed by atoms with E-state index in [1.165, 1.54) is 0 Å². The number of rotatable bonds is 9. The zero-order chi connectivity index (χ0) is 19.8. The third-order valence-electron chi connectivity index (χ3n) is 4.04. The van der Waals surface area contributed by atoms with Gasteiger partial charge in [0.2, 0.25) is 0 Å². The van der Waals surface area contributed by atoms with Gasteiger partial charge in [-0.2, -0.15) is 8.78 Å². The predicted molar refractivity (Wildman–Crippen MR) is 95.9 cm³/mol. The van der Waals surface area contributed by atoms with Gasteiger partial charge in [-0.15, -0.1) is 0 Å². The molecule has 0 saturated carbocycles. The fraction of sp³-hybridized carbons (Fsp3) is 0.368. The van der Waals surface area contributed by atoms with Crippen LogP contribution in [-0.2, 0) is 11.3 Å². The van der Waals surface area contributed by atoms with Gasteiger partial charge >= 0.3 is 6.43 Å². The lowest BCUT2D eigenvalue weighted by molar-refractivity contribution is -0.133. The summed E-state index contributed by atoms with van der Waals surface area (Å²) < 4.78 is 37.7. The molecule has 0 aliphatic rings. The van der Waals surface area contributed by atoms with Crippen molar-refractivity contribution in [3.8, 4) is 11.1 Å². The molecule has 2 rings (SSSR count). The maximum absolute atomic E-state index is 13.1. The lowest BCUT2D eigenvalue weighted by Gasteiger charge is -2.22. The second-order valence-corrected chi connectivity index (χ2v) is 5.96. The summed E-state index contributed by atoms with van der Waals surface area (Å²) in [7, 11) is 0. The monoisotopic (exact) mass is 381 g/mol. The maximum atomic E-state index is 13.1. The number of carbonyl (C=O) groups excluding carboxylic acids is 1. The smallest absolute Gasteiger partial charge is 0.315 e. The Bertz CT molecular complexity index is 724. The van der Waals surface area contributed by atoms with E-state index in [4.69, 9.17) is 0 Å². The number of halogens is 3. The molecular formula is C19H22F3N3O2. The summed E-state index contributed by atoms with van der Waals surface area (Å²) in [4.78, 5) is 15.4. The molecule has 1 heterocycles. The van der Waals surface area contributed by atoms with E-state index in [0.717, 1.165) is 23.4 Å². The van der Waals surface area contributed by atoms with E-state index in [0.29, 0.717) is 12.1 Å². The first-order valence-corrected chi connectivity index (χ1v) is 8.54. The molecule has 8 heteroatoms. The average molecular weight is 381 g/mol. The third-order valence-corrected chi connectivity index (χ3v) is 4.04. The molecule has 0 bridgehead atoms. The van der Waals surface area contributed by atoms with Gasteiger partial charge in [0, 0.05) is 18.3 Å². The number of hydrogen-bond acceptors (Lipinski definition) is 4. The number of aliphatic hydroxyl groups excluding tert-OH is 1. The van der Waals surface area contributed by atoms with Crippen molar-refractivity contribution >= 4 is 5.91 Å². The van der Waals surface area contributed by atoms with E-state index in [9.17, 15) is 23.1 Å². The van der Waals surface area contributed by atoms with Gasteiger partial charge in [0.15, 0.2) is 0 Å². The van der Waals surface area contributed by atoms with Crippen LogP contribution in [0.5, 0.6) is 0 Å². The van der Waals surface area contributed by atoms with Crippen LogP contribution in [0.1, 0.15) is 24.3 Å². The van der Waals surface area contributed by atoms with Crippen LogP contribution < -0.4 is 10.6 Å². The summed E-state index contributed by atoms with van der Waals surface area (Å²) in [5, 5.41) is 15.2. The van der Waals surface area contributed by atoms with E-state index in [2.05, 4.69) is 10.3 Å². The third kappa shape index (κ3) is 5.77. The van der Waals surface area contributed by atoms with E-state index in [-0.39, 0.29) is 0 Å². The molecule has 2 aromatic rings. The molecule has 1 aromatic carbocycles. The highest BCUT2D eigenvalue weighted by molar-refractivity contribution is 5.79. The number of carbonyl (C=O) groups is 1. The van der Waals surface area contributed by atoms with Gasteiger partial charge in [-0.3, -0.25) is 9.78 Å². The molecule has 5 nitrogen and oxygen atoms in total. The molecule has 146 valence electrons. The van der Waals surface area contributed by atoms with Crippen molar-refractivity contribution in [2.75, 3.05) is 13.2 Å². The number of aliphatic hydroxyl groups is 1. The molecule has 2 unspecified atom stereocenters. The lowest BCUT2D eigenvalue weighted by atomic mass is 9.99. The highest BCUT2D eigenvalue weighted by Gasteiger charge is 2.26. The maximum Gasteiger partial charge on any atom is 0.315 e. The minimum Gasteiger partial charge on any atom is -0.386 e. The van der Waals surface area contributed by atoms with Crippen LogP contribution in [0, 0.1) is 0 Å². The largest absolute Gasteiger partial charge is 0.386 e. The van der Waals surface area contributed by atoms with Crippen LogP contribution in [0.25, 0.3) is 11.1 Å². The lowest BCUT2D eigenvalue weighted by Crippen LogP contribution is -2.43. The Morgan fingerprint density at radius 2 is 1.81 bits per heavy atom. The molecule has 0 saturated heterocycles. The van der Waals surface area contributed by atoms with E-state index in [1.54, 1.807) is 35.8 Å². The van der Waals surface area contributed by atoms with Crippen LogP contribution in [0.4, 0.5) is 13.2 Å². The topological polar surface area (TPSA) is 74.2 Å². The second-order valence-electron chi connectivity index (χ2n) is 5.96.